The van der Waals surface area contributed by atoms with E-state index in [1.54, 1.807) is 7.05 Å². The molecule has 2 rings (SSSR count). The number of rotatable bonds is 0. The third-order valence-corrected chi connectivity index (χ3v) is 2.40. The van der Waals surface area contributed by atoms with Gasteiger partial charge in [-0.25, -0.2) is 4.79 Å². The van der Waals surface area contributed by atoms with Gasteiger partial charge in [0.1, 0.15) is 0 Å². The number of hydrogen-bond donors (Lipinski definition) is 1. The van der Waals surface area contributed by atoms with Gasteiger partial charge in [0.05, 0.1) is 12.3 Å². The van der Waals surface area contributed by atoms with Gasteiger partial charge in [-0.2, -0.15) is 0 Å². The lowest BCUT2D eigenvalue weighted by Gasteiger charge is -2.16. The maximum Gasteiger partial charge on any atom is 0.414 e. The number of nitrogens with two attached hydrogens (primary N) is 1. The summed E-state index contributed by atoms with van der Waals surface area (Å²) >= 11 is 0. The van der Waals surface area contributed by atoms with Gasteiger partial charge in [-0.05, 0) is 12.1 Å². The van der Waals surface area contributed by atoms with Crippen molar-refractivity contribution in [2.24, 2.45) is 0 Å². The highest BCUT2D eigenvalue weighted by atomic mass is 16.6. The first-order valence-corrected chi connectivity index (χ1v) is 4.48. The molecule has 0 atom stereocenters. The van der Waals surface area contributed by atoms with Crippen LogP contribution in [0.5, 0.6) is 0 Å². The molecule has 0 aromatic heterocycles. The zero-order valence-corrected chi connectivity index (χ0v) is 7.99. The van der Waals surface area contributed by atoms with Crippen LogP contribution in [0.4, 0.5) is 16.2 Å². The molecule has 1 aliphatic heterocycles. The van der Waals surface area contributed by atoms with Gasteiger partial charge in [-0.3, -0.25) is 4.90 Å². The first-order chi connectivity index (χ1) is 6.70. The Bertz CT molecular complexity index is 376. The highest BCUT2D eigenvalue weighted by Gasteiger charge is 2.20. The van der Waals surface area contributed by atoms with Crippen LogP contribution < -0.4 is 10.6 Å². The van der Waals surface area contributed by atoms with Gasteiger partial charge >= 0.3 is 6.09 Å². The van der Waals surface area contributed by atoms with Crippen LogP contribution in [0, 0.1) is 0 Å². The third-order valence-electron chi connectivity index (χ3n) is 2.40. The van der Waals surface area contributed by atoms with Crippen molar-refractivity contribution in [1.82, 2.24) is 0 Å². The molecule has 0 radical (unpaired) electrons. The first kappa shape index (κ1) is 8.87. The number of benzene rings is 1. The molecule has 0 aliphatic carbocycles. The maximum atomic E-state index is 11.4. The van der Waals surface area contributed by atoms with Crippen LogP contribution in [0.1, 0.15) is 5.56 Å². The minimum Gasteiger partial charge on any atom is -0.449 e. The number of nitrogen functional groups attached to an aromatic ring is 1. The molecular weight excluding hydrogens is 180 g/mol. The van der Waals surface area contributed by atoms with Crippen LogP contribution in [0.2, 0.25) is 0 Å². The summed E-state index contributed by atoms with van der Waals surface area (Å²) in [5, 5.41) is 0. The molecular formula is C10H12N2O2. The summed E-state index contributed by atoms with van der Waals surface area (Å²) in [4.78, 5) is 12.8. The molecule has 74 valence electrons. The summed E-state index contributed by atoms with van der Waals surface area (Å²) in [7, 11) is 1.69. The Hall–Kier alpha value is -1.71. The SMILES string of the molecule is CN1C(=O)OCCc2c(N)cccc21. The van der Waals surface area contributed by atoms with Gasteiger partial charge in [0, 0.05) is 24.7 Å². The van der Waals surface area contributed by atoms with Crippen LogP contribution in [-0.2, 0) is 11.2 Å². The molecule has 0 saturated heterocycles. The smallest absolute Gasteiger partial charge is 0.414 e. The molecule has 0 bridgehead atoms. The fourth-order valence-corrected chi connectivity index (χ4v) is 1.61. The number of carbonyl (C=O) groups excluding carboxylic acids is 1. The molecule has 0 spiro atoms. The maximum absolute atomic E-state index is 11.4. The normalized spacial score (nSPS) is 15.8. The number of nitrogens with zero attached hydrogens (tertiary/aromatic N) is 1. The van der Waals surface area contributed by atoms with Crippen molar-refractivity contribution >= 4 is 17.5 Å². The summed E-state index contributed by atoms with van der Waals surface area (Å²) < 4.78 is 4.98. The number of cyclic esters (lactones) is 1. The van der Waals surface area contributed by atoms with Crippen LogP contribution in [0.3, 0.4) is 0 Å². The van der Waals surface area contributed by atoms with E-state index in [9.17, 15) is 4.79 Å². The number of hydrogen-bond acceptors (Lipinski definition) is 3. The topological polar surface area (TPSA) is 55.6 Å². The summed E-state index contributed by atoms with van der Waals surface area (Å²) in [6, 6.07) is 5.55. The lowest BCUT2D eigenvalue weighted by atomic mass is 10.1. The van der Waals surface area contributed by atoms with E-state index in [0.29, 0.717) is 18.7 Å². The lowest BCUT2D eigenvalue weighted by Crippen LogP contribution is -2.25. The minimum absolute atomic E-state index is 0.325. The predicted molar refractivity (Wildman–Crippen MR) is 54.3 cm³/mol. The van der Waals surface area contributed by atoms with Crippen LogP contribution in [0.15, 0.2) is 18.2 Å². The average Bonchev–Trinajstić information content (AvgIpc) is 2.31. The molecule has 4 heteroatoms. The van der Waals surface area contributed by atoms with Crippen molar-refractivity contribution in [3.05, 3.63) is 23.8 Å². The average molecular weight is 192 g/mol. The Morgan fingerprint density at radius 1 is 1.50 bits per heavy atom. The zero-order valence-electron chi connectivity index (χ0n) is 7.99. The second kappa shape index (κ2) is 3.21. The Kier molecular flexibility index (Phi) is 2.04. The van der Waals surface area contributed by atoms with Gasteiger partial charge in [0.25, 0.3) is 0 Å². The molecule has 1 aromatic carbocycles. The first-order valence-electron chi connectivity index (χ1n) is 4.48. The lowest BCUT2D eigenvalue weighted by molar-refractivity contribution is 0.159. The van der Waals surface area contributed by atoms with E-state index in [1.807, 2.05) is 18.2 Å². The van der Waals surface area contributed by atoms with Crippen LogP contribution >= 0.6 is 0 Å². The quantitative estimate of drug-likeness (QED) is 0.632. The molecule has 2 N–H and O–H groups in total. The minimum atomic E-state index is -0.325. The van der Waals surface area contributed by atoms with E-state index in [1.165, 1.54) is 4.90 Å². The van der Waals surface area contributed by atoms with Gasteiger partial charge in [-0.1, -0.05) is 6.07 Å². The fraction of sp³-hybridized carbons (Fsp3) is 0.300. The van der Waals surface area contributed by atoms with Crippen molar-refractivity contribution in [2.45, 2.75) is 6.42 Å². The van der Waals surface area contributed by atoms with Gasteiger partial charge in [-0.15, -0.1) is 0 Å². The third kappa shape index (κ3) is 1.28. The Morgan fingerprint density at radius 2 is 2.29 bits per heavy atom. The van der Waals surface area contributed by atoms with E-state index < -0.39 is 0 Å². The summed E-state index contributed by atoms with van der Waals surface area (Å²) in [5.41, 5.74) is 8.37. The summed E-state index contributed by atoms with van der Waals surface area (Å²) in [5.74, 6) is 0. The predicted octanol–water partition coefficient (Wildman–Crippen LogP) is 1.40. The van der Waals surface area contributed by atoms with Gasteiger partial charge in [0.2, 0.25) is 0 Å². The monoisotopic (exact) mass is 192 g/mol. The van der Waals surface area contributed by atoms with E-state index in [0.717, 1.165) is 11.3 Å². The van der Waals surface area contributed by atoms with E-state index >= 15 is 0 Å². The van der Waals surface area contributed by atoms with E-state index in [2.05, 4.69) is 0 Å². The standard InChI is InChI=1S/C10H12N2O2/c1-12-9-4-2-3-8(11)7(9)5-6-14-10(12)13/h2-4H,5-6,11H2,1H3. The molecule has 0 saturated carbocycles. The fourth-order valence-electron chi connectivity index (χ4n) is 1.61. The van der Waals surface area contributed by atoms with Gasteiger partial charge in [0.15, 0.2) is 0 Å². The molecule has 1 heterocycles. The van der Waals surface area contributed by atoms with Crippen molar-refractivity contribution in [3.63, 3.8) is 0 Å². The van der Waals surface area contributed by atoms with Crippen molar-refractivity contribution < 1.29 is 9.53 Å². The molecule has 4 nitrogen and oxygen atoms in total. The number of anilines is 2. The molecule has 1 aromatic rings. The molecule has 0 unspecified atom stereocenters. The largest absolute Gasteiger partial charge is 0.449 e. The van der Waals surface area contributed by atoms with Crippen LogP contribution in [-0.4, -0.2) is 19.7 Å². The van der Waals surface area contributed by atoms with Crippen molar-refractivity contribution in [2.75, 3.05) is 24.3 Å². The second-order valence-corrected chi connectivity index (χ2v) is 3.27. The molecule has 14 heavy (non-hydrogen) atoms. The summed E-state index contributed by atoms with van der Waals surface area (Å²) in [6.07, 6.45) is 0.354. The second-order valence-electron chi connectivity index (χ2n) is 3.27. The zero-order chi connectivity index (χ0) is 10.1. The number of ether oxygens (including phenoxy) is 1. The highest BCUT2D eigenvalue weighted by Crippen LogP contribution is 2.27. The molecule has 1 aliphatic rings. The molecule has 1 amide bonds. The Labute approximate surface area is 82.3 Å². The number of amides is 1. The summed E-state index contributed by atoms with van der Waals surface area (Å²) in [6.45, 7) is 0.393. The van der Waals surface area contributed by atoms with Crippen molar-refractivity contribution in [3.8, 4) is 0 Å². The molecule has 0 fully saturated rings. The van der Waals surface area contributed by atoms with E-state index in [-0.39, 0.29) is 6.09 Å². The number of carbonyl (C=O) groups is 1. The number of fused-ring (bicyclic) bond motifs is 1. The Balaban J connectivity index is 2.53. The van der Waals surface area contributed by atoms with Gasteiger partial charge < -0.3 is 10.5 Å². The Morgan fingerprint density at radius 3 is 3.07 bits per heavy atom. The van der Waals surface area contributed by atoms with E-state index in [4.69, 9.17) is 10.5 Å². The van der Waals surface area contributed by atoms with Crippen molar-refractivity contribution in [1.29, 1.82) is 0 Å². The van der Waals surface area contributed by atoms with Crippen LogP contribution in [0.25, 0.3) is 0 Å². The highest BCUT2D eigenvalue weighted by molar-refractivity contribution is 5.90.